The predicted octanol–water partition coefficient (Wildman–Crippen LogP) is 5.76. The summed E-state index contributed by atoms with van der Waals surface area (Å²) in [5.74, 6) is 0.499. The van der Waals surface area contributed by atoms with Crippen molar-refractivity contribution < 1.29 is 14.3 Å². The smallest absolute Gasteiger partial charge is 0.236 e. The molecule has 3 aromatic carbocycles. The van der Waals surface area contributed by atoms with Gasteiger partial charge in [-0.05, 0) is 81.0 Å². The molecule has 6 nitrogen and oxygen atoms in total. The number of ether oxygens (including phenoxy) is 2. The van der Waals surface area contributed by atoms with Crippen molar-refractivity contribution in [2.45, 2.75) is 32.5 Å². The molecule has 1 amide bonds. The zero-order chi connectivity index (χ0) is 24.9. The number of nitrogens with one attached hydrogen (secondary N) is 2. The van der Waals surface area contributed by atoms with Crippen molar-refractivity contribution in [2.75, 3.05) is 17.3 Å². The number of hydrogen-bond donors (Lipinski definition) is 2. The summed E-state index contributed by atoms with van der Waals surface area (Å²) in [6.07, 6.45) is 0. The number of methoxy groups -OCH3 is 1. The lowest BCUT2D eigenvalue weighted by Crippen LogP contribution is -2.72. The first-order chi connectivity index (χ1) is 16.7. The Kier molecular flexibility index (Phi) is 5.85. The Bertz CT molecular complexity index is 1350. The van der Waals surface area contributed by atoms with Crippen LogP contribution in [-0.2, 0) is 4.79 Å². The topological polar surface area (TPSA) is 62.8 Å². The molecule has 0 spiro atoms. The summed E-state index contributed by atoms with van der Waals surface area (Å²) in [6.45, 7) is 5.90. The molecule has 1 fully saturated rings. The van der Waals surface area contributed by atoms with Gasteiger partial charge in [0.25, 0.3) is 0 Å². The van der Waals surface area contributed by atoms with Gasteiger partial charge < -0.3 is 20.1 Å². The molecule has 5 rings (SSSR count). The Morgan fingerprint density at radius 1 is 1.17 bits per heavy atom. The first-order valence-corrected chi connectivity index (χ1v) is 12.1. The van der Waals surface area contributed by atoms with E-state index in [0.717, 1.165) is 28.1 Å². The van der Waals surface area contributed by atoms with Gasteiger partial charge in [0.1, 0.15) is 17.4 Å². The molecule has 3 aromatic rings. The first-order valence-electron chi connectivity index (χ1n) is 11.3. The van der Waals surface area contributed by atoms with Gasteiger partial charge in [0, 0.05) is 22.0 Å². The van der Waals surface area contributed by atoms with Crippen LogP contribution >= 0.6 is 23.8 Å². The third-order valence-corrected chi connectivity index (χ3v) is 7.23. The van der Waals surface area contributed by atoms with Gasteiger partial charge in [-0.1, -0.05) is 35.4 Å². The molecule has 0 radical (unpaired) electrons. The van der Waals surface area contributed by atoms with Crippen LogP contribution in [0.5, 0.6) is 11.5 Å². The highest BCUT2D eigenvalue weighted by atomic mass is 35.5. The number of carbonyl (C=O) groups excluding carboxylic acids is 1. The summed E-state index contributed by atoms with van der Waals surface area (Å²) in [4.78, 5) is 15.8. The number of rotatable bonds is 4. The Morgan fingerprint density at radius 2 is 1.97 bits per heavy atom. The van der Waals surface area contributed by atoms with Crippen LogP contribution in [0, 0.1) is 19.8 Å². The molecule has 0 aromatic heterocycles. The second-order valence-corrected chi connectivity index (χ2v) is 9.91. The summed E-state index contributed by atoms with van der Waals surface area (Å²) in [6, 6.07) is 18.5. The zero-order valence-corrected chi connectivity index (χ0v) is 21.5. The van der Waals surface area contributed by atoms with E-state index < -0.39 is 17.7 Å². The summed E-state index contributed by atoms with van der Waals surface area (Å²) >= 11 is 12.1. The lowest BCUT2D eigenvalue weighted by molar-refractivity contribution is -0.130. The maximum absolute atomic E-state index is 14.0. The second-order valence-electron chi connectivity index (χ2n) is 9.09. The summed E-state index contributed by atoms with van der Waals surface area (Å²) in [7, 11) is 1.61. The fraction of sp³-hybridized carbons (Fsp3) is 0.259. The SMILES string of the molecule is COc1ccc2c(c1)[C@@H]1NC(=S)N(c3cccc(Cl)c3)[C@@](C)(O2)[C@H]1C(=O)Nc1ccc(C)cc1C. The Hall–Kier alpha value is -3.29. The Morgan fingerprint density at radius 3 is 2.69 bits per heavy atom. The molecule has 8 heteroatoms. The molecule has 0 saturated carbocycles. The summed E-state index contributed by atoms with van der Waals surface area (Å²) in [5.41, 5.74) is 3.30. The van der Waals surface area contributed by atoms with Crippen LogP contribution in [0.4, 0.5) is 11.4 Å². The normalized spacial score (nSPS) is 22.5. The highest BCUT2D eigenvalue weighted by Crippen LogP contribution is 2.50. The van der Waals surface area contributed by atoms with Crippen molar-refractivity contribution in [2.24, 2.45) is 5.92 Å². The third-order valence-electron chi connectivity index (χ3n) is 6.69. The molecule has 3 atom stereocenters. The number of hydrogen-bond acceptors (Lipinski definition) is 4. The van der Waals surface area contributed by atoms with Crippen LogP contribution in [0.1, 0.15) is 29.7 Å². The van der Waals surface area contributed by atoms with Gasteiger partial charge >= 0.3 is 0 Å². The monoisotopic (exact) mass is 507 g/mol. The molecule has 2 N–H and O–H groups in total. The number of amides is 1. The van der Waals surface area contributed by atoms with Gasteiger partial charge in [0.15, 0.2) is 10.8 Å². The molecule has 0 unspecified atom stereocenters. The van der Waals surface area contributed by atoms with Crippen LogP contribution in [0.15, 0.2) is 60.7 Å². The van der Waals surface area contributed by atoms with E-state index in [0.29, 0.717) is 21.6 Å². The number of nitrogens with zero attached hydrogens (tertiary/aromatic N) is 1. The highest BCUT2D eigenvalue weighted by molar-refractivity contribution is 7.80. The number of anilines is 2. The van der Waals surface area contributed by atoms with Crippen molar-refractivity contribution >= 4 is 46.2 Å². The molecule has 2 bridgehead atoms. The predicted molar refractivity (Wildman–Crippen MR) is 142 cm³/mol. The lowest BCUT2D eigenvalue weighted by Gasteiger charge is -2.56. The van der Waals surface area contributed by atoms with E-state index in [1.54, 1.807) is 13.2 Å². The van der Waals surface area contributed by atoms with E-state index in [-0.39, 0.29) is 5.91 Å². The van der Waals surface area contributed by atoms with Crippen molar-refractivity contribution in [1.29, 1.82) is 0 Å². The third kappa shape index (κ3) is 3.98. The van der Waals surface area contributed by atoms with E-state index in [2.05, 4.69) is 10.6 Å². The van der Waals surface area contributed by atoms with E-state index in [9.17, 15) is 4.79 Å². The van der Waals surface area contributed by atoms with E-state index in [4.69, 9.17) is 33.3 Å². The van der Waals surface area contributed by atoms with Crippen LogP contribution in [-0.4, -0.2) is 23.9 Å². The van der Waals surface area contributed by atoms with E-state index in [1.807, 2.05) is 80.3 Å². The van der Waals surface area contributed by atoms with E-state index >= 15 is 0 Å². The fourth-order valence-electron chi connectivity index (χ4n) is 5.06. The zero-order valence-electron chi connectivity index (χ0n) is 19.9. The van der Waals surface area contributed by atoms with Gasteiger partial charge in [-0.15, -0.1) is 0 Å². The molecule has 2 heterocycles. The number of halogens is 1. The number of thiocarbonyl (C=S) groups is 1. The molecule has 35 heavy (non-hydrogen) atoms. The van der Waals surface area contributed by atoms with Crippen molar-refractivity contribution in [3.05, 3.63) is 82.4 Å². The molecule has 0 aliphatic carbocycles. The van der Waals surface area contributed by atoms with Gasteiger partial charge in [-0.3, -0.25) is 9.69 Å². The van der Waals surface area contributed by atoms with Crippen LogP contribution < -0.4 is 25.0 Å². The second kappa shape index (κ2) is 8.73. The quantitative estimate of drug-likeness (QED) is 0.437. The van der Waals surface area contributed by atoms with Crippen LogP contribution in [0.25, 0.3) is 0 Å². The molecule has 180 valence electrons. The largest absolute Gasteiger partial charge is 0.497 e. The van der Waals surface area contributed by atoms with Crippen LogP contribution in [0.3, 0.4) is 0 Å². The summed E-state index contributed by atoms with van der Waals surface area (Å²) < 4.78 is 12.1. The molecular weight excluding hydrogens is 482 g/mol. The average molecular weight is 508 g/mol. The average Bonchev–Trinajstić information content (AvgIpc) is 2.80. The number of carbonyl (C=O) groups is 1. The highest BCUT2D eigenvalue weighted by Gasteiger charge is 2.59. The van der Waals surface area contributed by atoms with Gasteiger partial charge in [0.2, 0.25) is 5.91 Å². The van der Waals surface area contributed by atoms with Crippen LogP contribution in [0.2, 0.25) is 5.02 Å². The van der Waals surface area contributed by atoms with Crippen molar-refractivity contribution in [3.63, 3.8) is 0 Å². The van der Waals surface area contributed by atoms with Gasteiger partial charge in [-0.2, -0.15) is 0 Å². The fourth-order valence-corrected chi connectivity index (χ4v) is 5.66. The molecular formula is C27H26ClN3O3S. The standard InChI is InChI=1S/C27H26ClN3O3S/c1-15-8-10-21(16(2)12-15)29-25(32)23-24-20-14-19(33-4)9-11-22(20)34-27(23,3)31(26(35)30-24)18-7-5-6-17(28)13-18/h5-14,23-24H,1-4H3,(H,29,32)(H,30,35)/t23-,24+,27+/m1/s1. The number of fused-ring (bicyclic) bond motifs is 4. The molecule has 2 aliphatic heterocycles. The maximum atomic E-state index is 14.0. The Balaban J connectivity index is 1.64. The maximum Gasteiger partial charge on any atom is 0.236 e. The van der Waals surface area contributed by atoms with Gasteiger partial charge in [-0.25, -0.2) is 0 Å². The Labute approximate surface area is 215 Å². The first kappa shape index (κ1) is 23.5. The number of aryl methyl sites for hydroxylation is 2. The molecule has 1 saturated heterocycles. The van der Waals surface area contributed by atoms with Crippen molar-refractivity contribution in [1.82, 2.24) is 5.32 Å². The minimum absolute atomic E-state index is 0.181. The minimum atomic E-state index is -1.12. The van der Waals surface area contributed by atoms with Crippen molar-refractivity contribution in [3.8, 4) is 11.5 Å². The molecule has 2 aliphatic rings. The number of benzene rings is 3. The van der Waals surface area contributed by atoms with E-state index in [1.165, 1.54) is 0 Å². The van der Waals surface area contributed by atoms with Gasteiger partial charge in [0.05, 0.1) is 13.2 Å². The summed E-state index contributed by atoms with van der Waals surface area (Å²) in [5, 5.41) is 7.55. The minimum Gasteiger partial charge on any atom is -0.497 e. The lowest BCUT2D eigenvalue weighted by atomic mass is 9.78.